The number of urea groups is 1. The van der Waals surface area contributed by atoms with Gasteiger partial charge in [0, 0.05) is 17.3 Å². The highest BCUT2D eigenvalue weighted by molar-refractivity contribution is 6.30. The monoisotopic (exact) mass is 386 g/mol. The summed E-state index contributed by atoms with van der Waals surface area (Å²) in [5.74, 6) is -0.400. The van der Waals surface area contributed by atoms with Crippen LogP contribution >= 0.6 is 11.6 Å². The van der Waals surface area contributed by atoms with Crippen LogP contribution in [-0.4, -0.2) is 30.6 Å². The number of hydrogen-bond acceptors (Lipinski definition) is 3. The van der Waals surface area contributed by atoms with Crippen LogP contribution in [0.1, 0.15) is 47.6 Å². The summed E-state index contributed by atoms with van der Waals surface area (Å²) in [7, 11) is 1.34. The fourth-order valence-electron chi connectivity index (χ4n) is 3.39. The number of halogens is 1. The van der Waals surface area contributed by atoms with Crippen molar-refractivity contribution in [2.45, 2.75) is 31.7 Å². The largest absolute Gasteiger partial charge is 0.465 e. The van der Waals surface area contributed by atoms with Gasteiger partial charge in [-0.2, -0.15) is 0 Å². The van der Waals surface area contributed by atoms with Crippen LogP contribution in [0.15, 0.2) is 48.5 Å². The second kappa shape index (κ2) is 8.91. The first-order valence-corrected chi connectivity index (χ1v) is 9.48. The summed E-state index contributed by atoms with van der Waals surface area (Å²) in [4.78, 5) is 26.4. The van der Waals surface area contributed by atoms with E-state index in [0.29, 0.717) is 22.8 Å². The summed E-state index contributed by atoms with van der Waals surface area (Å²) in [6.07, 6.45) is 4.11. The van der Waals surface area contributed by atoms with Crippen LogP contribution in [-0.2, 0) is 4.74 Å². The molecule has 0 aromatic heterocycles. The van der Waals surface area contributed by atoms with Gasteiger partial charge in [-0.05, 0) is 54.8 Å². The highest BCUT2D eigenvalue weighted by Crippen LogP contribution is 2.31. The molecule has 27 heavy (non-hydrogen) atoms. The van der Waals surface area contributed by atoms with E-state index in [9.17, 15) is 9.59 Å². The van der Waals surface area contributed by atoms with Crippen molar-refractivity contribution in [2.24, 2.45) is 0 Å². The minimum atomic E-state index is -0.400. The average Bonchev–Trinajstić information content (AvgIpc) is 2.95. The van der Waals surface area contributed by atoms with E-state index >= 15 is 0 Å². The Bertz CT molecular complexity index is 790. The average molecular weight is 387 g/mol. The van der Waals surface area contributed by atoms with Crippen LogP contribution in [0.4, 0.5) is 10.5 Å². The van der Waals surface area contributed by atoms with E-state index in [1.54, 1.807) is 24.3 Å². The summed E-state index contributed by atoms with van der Waals surface area (Å²) < 4.78 is 4.69. The molecule has 0 radical (unpaired) electrons. The third-order valence-electron chi connectivity index (χ3n) is 4.83. The number of rotatable bonds is 3. The van der Waals surface area contributed by atoms with Crippen molar-refractivity contribution in [3.05, 3.63) is 64.7 Å². The number of methoxy groups -OCH3 is 1. The van der Waals surface area contributed by atoms with Gasteiger partial charge in [-0.3, -0.25) is 0 Å². The molecule has 1 saturated heterocycles. The van der Waals surface area contributed by atoms with Gasteiger partial charge in [0.1, 0.15) is 0 Å². The molecule has 5 nitrogen and oxygen atoms in total. The maximum Gasteiger partial charge on any atom is 0.337 e. The van der Waals surface area contributed by atoms with Gasteiger partial charge in [-0.15, -0.1) is 0 Å². The predicted octanol–water partition coefficient (Wildman–Crippen LogP) is 5.28. The Balaban J connectivity index is 1.75. The Kier molecular flexibility index (Phi) is 6.35. The van der Waals surface area contributed by atoms with Gasteiger partial charge in [0.05, 0.1) is 18.7 Å². The highest BCUT2D eigenvalue weighted by atomic mass is 35.5. The maximum atomic E-state index is 12.9. The number of nitrogens with one attached hydrogen (secondary N) is 1. The third-order valence-corrected chi connectivity index (χ3v) is 5.08. The fourth-order valence-corrected chi connectivity index (χ4v) is 3.51. The van der Waals surface area contributed by atoms with E-state index in [-0.39, 0.29) is 12.1 Å². The Morgan fingerprint density at radius 1 is 1.04 bits per heavy atom. The summed E-state index contributed by atoms with van der Waals surface area (Å²) in [5, 5.41) is 3.63. The first kappa shape index (κ1) is 19.2. The van der Waals surface area contributed by atoms with E-state index in [1.165, 1.54) is 7.11 Å². The van der Waals surface area contributed by atoms with Crippen molar-refractivity contribution >= 4 is 29.3 Å². The number of hydrogen-bond donors (Lipinski definition) is 1. The van der Waals surface area contributed by atoms with Crippen molar-refractivity contribution in [1.29, 1.82) is 0 Å². The molecule has 142 valence electrons. The number of anilines is 1. The zero-order chi connectivity index (χ0) is 19.2. The molecule has 2 aromatic carbocycles. The molecule has 1 fully saturated rings. The molecule has 1 N–H and O–H groups in total. The van der Waals surface area contributed by atoms with Crippen molar-refractivity contribution in [1.82, 2.24) is 4.90 Å². The minimum absolute atomic E-state index is 0.0270. The molecule has 0 unspecified atom stereocenters. The maximum absolute atomic E-state index is 12.9. The number of esters is 1. The number of likely N-dealkylation sites (tertiary alicyclic amines) is 1. The molecule has 0 bridgehead atoms. The standard InChI is InChI=1S/C21H23ClN2O3/c1-27-20(25)16-8-12-18(13-9-16)23-21(26)24-14-4-2-3-5-19(24)15-6-10-17(22)11-7-15/h6-13,19H,2-5,14H2,1H3,(H,23,26)/t19-/m0/s1. The number of ether oxygens (including phenoxy) is 1. The van der Waals surface area contributed by atoms with Crippen LogP contribution in [0.25, 0.3) is 0 Å². The number of carbonyl (C=O) groups excluding carboxylic acids is 2. The second-order valence-electron chi connectivity index (χ2n) is 6.61. The number of nitrogens with zero attached hydrogens (tertiary/aromatic N) is 1. The van der Waals surface area contributed by atoms with Gasteiger partial charge in [-0.25, -0.2) is 9.59 Å². The third kappa shape index (κ3) is 4.80. The van der Waals surface area contributed by atoms with Gasteiger partial charge >= 0.3 is 12.0 Å². The zero-order valence-electron chi connectivity index (χ0n) is 15.3. The molecule has 1 heterocycles. The van der Waals surface area contributed by atoms with Crippen LogP contribution in [0.5, 0.6) is 0 Å². The topological polar surface area (TPSA) is 58.6 Å². The molecular formula is C21H23ClN2O3. The molecule has 1 aliphatic rings. The van der Waals surface area contributed by atoms with Gasteiger partial charge in [-0.1, -0.05) is 36.6 Å². The van der Waals surface area contributed by atoms with Gasteiger partial charge in [0.25, 0.3) is 0 Å². The van der Waals surface area contributed by atoms with Gasteiger partial charge in [0.15, 0.2) is 0 Å². The molecule has 3 rings (SSSR count). The summed E-state index contributed by atoms with van der Waals surface area (Å²) in [6.45, 7) is 0.708. The lowest BCUT2D eigenvalue weighted by atomic mass is 10.0. The quantitative estimate of drug-likeness (QED) is 0.730. The molecular weight excluding hydrogens is 364 g/mol. The normalized spacial score (nSPS) is 17.1. The molecule has 1 atom stereocenters. The smallest absolute Gasteiger partial charge is 0.337 e. The van der Waals surface area contributed by atoms with Crippen molar-refractivity contribution in [3.63, 3.8) is 0 Å². The molecule has 0 saturated carbocycles. The zero-order valence-corrected chi connectivity index (χ0v) is 16.0. The van der Waals surface area contributed by atoms with E-state index < -0.39 is 5.97 Å². The van der Waals surface area contributed by atoms with Gasteiger partial charge < -0.3 is 15.0 Å². The lowest BCUT2D eigenvalue weighted by Gasteiger charge is -2.30. The lowest BCUT2D eigenvalue weighted by Crippen LogP contribution is -2.38. The van der Waals surface area contributed by atoms with E-state index in [1.807, 2.05) is 29.2 Å². The molecule has 1 aliphatic heterocycles. The Morgan fingerprint density at radius 2 is 1.74 bits per heavy atom. The Hall–Kier alpha value is -2.53. The number of benzene rings is 2. The van der Waals surface area contributed by atoms with E-state index in [0.717, 1.165) is 31.2 Å². The van der Waals surface area contributed by atoms with Crippen molar-refractivity contribution in [2.75, 3.05) is 19.0 Å². The van der Waals surface area contributed by atoms with Crippen molar-refractivity contribution in [3.8, 4) is 0 Å². The van der Waals surface area contributed by atoms with Crippen LogP contribution in [0, 0.1) is 0 Å². The minimum Gasteiger partial charge on any atom is -0.465 e. The van der Waals surface area contributed by atoms with E-state index in [2.05, 4.69) is 5.32 Å². The first-order chi connectivity index (χ1) is 13.1. The Labute approximate surface area is 164 Å². The number of amides is 2. The van der Waals surface area contributed by atoms with Crippen LogP contribution < -0.4 is 5.32 Å². The molecule has 6 heteroatoms. The van der Waals surface area contributed by atoms with Crippen molar-refractivity contribution < 1.29 is 14.3 Å². The summed E-state index contributed by atoms with van der Waals surface area (Å²) in [6, 6.07) is 14.3. The SMILES string of the molecule is COC(=O)c1ccc(NC(=O)N2CCCCC[C@H]2c2ccc(Cl)cc2)cc1. The first-order valence-electron chi connectivity index (χ1n) is 9.10. The summed E-state index contributed by atoms with van der Waals surface area (Å²) in [5.41, 5.74) is 2.19. The second-order valence-corrected chi connectivity index (χ2v) is 7.05. The summed E-state index contributed by atoms with van der Waals surface area (Å²) >= 11 is 6.01. The molecule has 2 amide bonds. The van der Waals surface area contributed by atoms with E-state index in [4.69, 9.17) is 16.3 Å². The predicted molar refractivity (Wildman–Crippen MR) is 106 cm³/mol. The van der Waals surface area contributed by atoms with Gasteiger partial charge in [0.2, 0.25) is 0 Å². The Morgan fingerprint density at radius 3 is 2.41 bits per heavy atom. The molecule has 2 aromatic rings. The highest BCUT2D eigenvalue weighted by Gasteiger charge is 2.26. The van der Waals surface area contributed by atoms with Crippen LogP contribution in [0.3, 0.4) is 0 Å². The van der Waals surface area contributed by atoms with Crippen LogP contribution in [0.2, 0.25) is 5.02 Å². The molecule has 0 aliphatic carbocycles. The lowest BCUT2D eigenvalue weighted by molar-refractivity contribution is 0.0600. The molecule has 0 spiro atoms. The fraction of sp³-hybridized carbons (Fsp3) is 0.333. The number of carbonyl (C=O) groups is 2.